The minimum atomic E-state index is 0.0823. The number of benzene rings is 1. The van der Waals surface area contributed by atoms with E-state index >= 15 is 0 Å². The molecule has 0 spiro atoms. The number of hydrogen-bond acceptors (Lipinski definition) is 4. The monoisotopic (exact) mass is 247 g/mol. The Balaban J connectivity index is 1.70. The number of ether oxygens (including phenoxy) is 1. The molecule has 0 aromatic heterocycles. The Hall–Kier alpha value is -1.59. The Morgan fingerprint density at radius 3 is 2.72 bits per heavy atom. The summed E-state index contributed by atoms with van der Waals surface area (Å²) < 4.78 is 5.70. The Bertz CT molecular complexity index is 426. The molecule has 2 aliphatic heterocycles. The summed E-state index contributed by atoms with van der Waals surface area (Å²) in [6, 6.07) is 8.19. The van der Waals surface area contributed by atoms with Gasteiger partial charge in [0.15, 0.2) is 0 Å². The smallest absolute Gasteiger partial charge is 0.240 e. The van der Waals surface area contributed by atoms with Crippen LogP contribution in [0.4, 0.5) is 5.69 Å². The van der Waals surface area contributed by atoms with Crippen molar-refractivity contribution in [2.24, 2.45) is 0 Å². The van der Waals surface area contributed by atoms with Gasteiger partial charge in [-0.25, -0.2) is 0 Å². The topological polar surface area (TPSA) is 53.6 Å². The molecular formula is C13H17N3O2. The predicted octanol–water partition coefficient (Wildman–Crippen LogP) is 0.589. The first-order valence-corrected chi connectivity index (χ1v) is 6.32. The van der Waals surface area contributed by atoms with Gasteiger partial charge in [-0.15, -0.1) is 0 Å². The molecule has 5 nitrogen and oxygen atoms in total. The van der Waals surface area contributed by atoms with Crippen LogP contribution in [0, 0.1) is 0 Å². The molecular weight excluding hydrogens is 230 g/mol. The van der Waals surface area contributed by atoms with E-state index in [-0.39, 0.29) is 12.0 Å². The zero-order valence-electron chi connectivity index (χ0n) is 10.2. The van der Waals surface area contributed by atoms with Crippen molar-refractivity contribution < 1.29 is 9.53 Å². The number of anilines is 1. The Kier molecular flexibility index (Phi) is 3.17. The van der Waals surface area contributed by atoms with Gasteiger partial charge in [-0.3, -0.25) is 15.2 Å². The maximum Gasteiger partial charge on any atom is 0.240 e. The summed E-state index contributed by atoms with van der Waals surface area (Å²) in [5, 5.41) is 5.20. The van der Waals surface area contributed by atoms with Gasteiger partial charge in [0.1, 0.15) is 0 Å². The molecule has 0 saturated carbocycles. The van der Waals surface area contributed by atoms with Crippen LogP contribution in [0.1, 0.15) is 18.1 Å². The van der Waals surface area contributed by atoms with E-state index in [1.807, 2.05) is 17.1 Å². The molecule has 0 bridgehead atoms. The fourth-order valence-corrected chi connectivity index (χ4v) is 2.32. The van der Waals surface area contributed by atoms with Gasteiger partial charge in [-0.2, -0.15) is 0 Å². The number of hydrazine groups is 1. The van der Waals surface area contributed by atoms with Gasteiger partial charge in [0.2, 0.25) is 5.91 Å². The van der Waals surface area contributed by atoms with Crippen molar-refractivity contribution in [3.63, 3.8) is 0 Å². The highest BCUT2D eigenvalue weighted by atomic mass is 16.5. The number of rotatable bonds is 2. The van der Waals surface area contributed by atoms with Crippen LogP contribution in [-0.2, 0) is 9.53 Å². The van der Waals surface area contributed by atoms with Gasteiger partial charge in [-0.05, 0) is 17.7 Å². The van der Waals surface area contributed by atoms with E-state index in [4.69, 9.17) is 4.74 Å². The molecule has 0 radical (unpaired) electrons. The third kappa shape index (κ3) is 2.32. The van der Waals surface area contributed by atoms with Crippen molar-refractivity contribution in [3.05, 3.63) is 29.8 Å². The lowest BCUT2D eigenvalue weighted by atomic mass is 10.1. The van der Waals surface area contributed by atoms with Crippen LogP contribution in [0.25, 0.3) is 0 Å². The predicted molar refractivity (Wildman–Crippen MR) is 68.1 cm³/mol. The van der Waals surface area contributed by atoms with Crippen LogP contribution < -0.4 is 15.8 Å². The fourth-order valence-electron chi connectivity index (χ4n) is 2.32. The maximum atomic E-state index is 11.2. The molecule has 2 N–H and O–H groups in total. The molecule has 1 amide bonds. The average molecular weight is 247 g/mol. The summed E-state index contributed by atoms with van der Waals surface area (Å²) in [6.07, 6.45) is 0.707. The van der Waals surface area contributed by atoms with Crippen LogP contribution in [0.15, 0.2) is 24.3 Å². The van der Waals surface area contributed by atoms with Crippen LogP contribution in [0.3, 0.4) is 0 Å². The van der Waals surface area contributed by atoms with Gasteiger partial charge in [0, 0.05) is 26.1 Å². The lowest BCUT2D eigenvalue weighted by Crippen LogP contribution is -2.34. The molecule has 2 fully saturated rings. The highest BCUT2D eigenvalue weighted by Gasteiger charge is 2.19. The SMILES string of the molecule is O=C1CCN(c2ccc(C3CNCCO3)cc2)N1. The Morgan fingerprint density at radius 1 is 1.28 bits per heavy atom. The largest absolute Gasteiger partial charge is 0.371 e. The second kappa shape index (κ2) is 4.96. The molecule has 1 atom stereocenters. The summed E-state index contributed by atoms with van der Waals surface area (Å²) in [5.41, 5.74) is 5.02. The molecule has 1 unspecified atom stereocenters. The summed E-state index contributed by atoms with van der Waals surface area (Å²) in [7, 11) is 0. The summed E-state index contributed by atoms with van der Waals surface area (Å²) in [4.78, 5) is 11.2. The molecule has 3 rings (SSSR count). The van der Waals surface area contributed by atoms with E-state index in [0.717, 1.165) is 31.9 Å². The van der Waals surface area contributed by atoms with Gasteiger partial charge >= 0.3 is 0 Å². The van der Waals surface area contributed by atoms with Crippen molar-refractivity contribution in [2.45, 2.75) is 12.5 Å². The average Bonchev–Trinajstić information content (AvgIpc) is 2.87. The van der Waals surface area contributed by atoms with Crippen molar-refractivity contribution in [1.29, 1.82) is 0 Å². The number of hydrogen-bond donors (Lipinski definition) is 2. The van der Waals surface area contributed by atoms with Crippen molar-refractivity contribution in [2.75, 3.05) is 31.3 Å². The Morgan fingerprint density at radius 2 is 2.11 bits per heavy atom. The second-order valence-electron chi connectivity index (χ2n) is 4.59. The number of amides is 1. The third-order valence-electron chi connectivity index (χ3n) is 3.33. The van der Waals surface area contributed by atoms with E-state index in [1.54, 1.807) is 0 Å². The molecule has 0 aliphatic carbocycles. The number of nitrogens with one attached hydrogen (secondary N) is 2. The number of morpholine rings is 1. The minimum Gasteiger partial charge on any atom is -0.371 e. The number of carbonyl (C=O) groups is 1. The van der Waals surface area contributed by atoms with Crippen molar-refractivity contribution in [1.82, 2.24) is 10.7 Å². The van der Waals surface area contributed by atoms with Gasteiger partial charge in [0.05, 0.1) is 18.4 Å². The van der Waals surface area contributed by atoms with Crippen molar-refractivity contribution >= 4 is 11.6 Å². The minimum absolute atomic E-state index is 0.0823. The fraction of sp³-hybridized carbons (Fsp3) is 0.462. The summed E-state index contributed by atoms with van der Waals surface area (Å²) in [6.45, 7) is 3.28. The summed E-state index contributed by atoms with van der Waals surface area (Å²) >= 11 is 0. The highest BCUT2D eigenvalue weighted by Crippen LogP contribution is 2.22. The number of carbonyl (C=O) groups excluding carboxylic acids is 1. The van der Waals surface area contributed by atoms with Crippen LogP contribution in [0.2, 0.25) is 0 Å². The second-order valence-corrected chi connectivity index (χ2v) is 4.59. The lowest BCUT2D eigenvalue weighted by molar-refractivity contribution is -0.119. The highest BCUT2D eigenvalue weighted by molar-refractivity contribution is 5.81. The van der Waals surface area contributed by atoms with Crippen LogP contribution in [0.5, 0.6) is 0 Å². The van der Waals surface area contributed by atoms with E-state index in [1.165, 1.54) is 5.56 Å². The molecule has 2 aliphatic rings. The standard InChI is InChI=1S/C13H17N3O2/c17-13-5-7-16(15-13)11-3-1-10(2-4-11)12-9-14-6-8-18-12/h1-4,12,14H,5-9H2,(H,15,17). The van der Waals surface area contributed by atoms with E-state index in [9.17, 15) is 4.79 Å². The molecule has 1 aromatic rings. The zero-order valence-corrected chi connectivity index (χ0v) is 10.2. The Labute approximate surface area is 106 Å². The molecule has 2 saturated heterocycles. The van der Waals surface area contributed by atoms with Gasteiger partial charge in [0.25, 0.3) is 0 Å². The van der Waals surface area contributed by atoms with Crippen molar-refractivity contribution in [3.8, 4) is 0 Å². The molecule has 1 aromatic carbocycles. The van der Waals surface area contributed by atoms with Crippen LogP contribution in [-0.4, -0.2) is 32.1 Å². The molecule has 96 valence electrons. The molecule has 18 heavy (non-hydrogen) atoms. The van der Waals surface area contributed by atoms with Gasteiger partial charge in [-0.1, -0.05) is 12.1 Å². The normalized spacial score (nSPS) is 24.1. The molecule has 5 heteroatoms. The van der Waals surface area contributed by atoms with E-state index < -0.39 is 0 Å². The first-order chi connectivity index (χ1) is 8.83. The lowest BCUT2D eigenvalue weighted by Gasteiger charge is -2.24. The first-order valence-electron chi connectivity index (χ1n) is 6.32. The van der Waals surface area contributed by atoms with Crippen LogP contribution >= 0.6 is 0 Å². The molecule has 2 heterocycles. The van der Waals surface area contributed by atoms with E-state index in [0.29, 0.717) is 6.42 Å². The zero-order chi connectivity index (χ0) is 12.4. The quantitative estimate of drug-likeness (QED) is 0.803. The first kappa shape index (κ1) is 11.5. The van der Waals surface area contributed by atoms with E-state index in [2.05, 4.69) is 22.9 Å². The third-order valence-corrected chi connectivity index (χ3v) is 3.33. The maximum absolute atomic E-state index is 11.2. The number of nitrogens with zero attached hydrogens (tertiary/aromatic N) is 1. The summed E-state index contributed by atoms with van der Waals surface area (Å²) in [5.74, 6) is 0.0823. The van der Waals surface area contributed by atoms with Gasteiger partial charge < -0.3 is 10.1 Å².